The summed E-state index contributed by atoms with van der Waals surface area (Å²) in [6, 6.07) is 62.2. The van der Waals surface area contributed by atoms with Gasteiger partial charge >= 0.3 is 0 Å². The molecule has 0 bridgehead atoms. The van der Waals surface area contributed by atoms with Gasteiger partial charge < -0.3 is 0 Å². The van der Waals surface area contributed by atoms with E-state index >= 15 is 0 Å². The predicted octanol–water partition coefficient (Wildman–Crippen LogP) is 10.4. The lowest BCUT2D eigenvalue weighted by molar-refractivity contribution is 0.775. The van der Waals surface area contributed by atoms with E-state index in [4.69, 9.17) is 15.0 Å². The van der Waals surface area contributed by atoms with Crippen LogP contribution in [0.15, 0.2) is 176 Å². The molecule has 0 saturated heterocycles. The average Bonchev–Trinajstić information content (AvgIpc) is 3.47. The molecule has 1 heterocycles. The van der Waals surface area contributed by atoms with Crippen molar-refractivity contribution in [3.63, 3.8) is 0 Å². The van der Waals surface area contributed by atoms with Crippen molar-refractivity contribution in [3.05, 3.63) is 198 Å². The first-order chi connectivity index (χ1) is 23.3. The molecule has 220 valence electrons. The van der Waals surface area contributed by atoms with E-state index in [9.17, 15) is 0 Å². The van der Waals surface area contributed by atoms with Crippen molar-refractivity contribution in [2.24, 2.45) is 0 Å². The lowest BCUT2D eigenvalue weighted by Gasteiger charge is -2.34. The summed E-state index contributed by atoms with van der Waals surface area (Å²) in [5, 5.41) is 2.30. The van der Waals surface area contributed by atoms with Gasteiger partial charge in [-0.15, -0.1) is 0 Å². The molecule has 0 N–H and O–H groups in total. The highest BCUT2D eigenvalue weighted by molar-refractivity contribution is 6.05. The molecule has 8 aromatic rings. The summed E-state index contributed by atoms with van der Waals surface area (Å²) in [4.78, 5) is 15.2. The second-order valence-electron chi connectivity index (χ2n) is 12.0. The Hall–Kier alpha value is -6.19. The number of rotatable bonds is 5. The fourth-order valence-electron chi connectivity index (χ4n) is 7.43. The van der Waals surface area contributed by atoms with E-state index < -0.39 is 5.41 Å². The van der Waals surface area contributed by atoms with Crippen LogP contribution in [-0.2, 0) is 5.41 Å². The maximum absolute atomic E-state index is 5.11. The predicted molar refractivity (Wildman–Crippen MR) is 191 cm³/mol. The van der Waals surface area contributed by atoms with Crippen LogP contribution in [0.25, 0.3) is 56.1 Å². The van der Waals surface area contributed by atoms with Gasteiger partial charge in [-0.1, -0.05) is 176 Å². The third-order valence-corrected chi connectivity index (χ3v) is 9.41. The molecule has 47 heavy (non-hydrogen) atoms. The molecule has 0 saturated carbocycles. The van der Waals surface area contributed by atoms with Gasteiger partial charge in [-0.2, -0.15) is 0 Å². The summed E-state index contributed by atoms with van der Waals surface area (Å²) in [6.07, 6.45) is 0. The van der Waals surface area contributed by atoms with Crippen molar-refractivity contribution in [3.8, 4) is 45.3 Å². The molecule has 0 spiro atoms. The Balaban J connectivity index is 1.36. The minimum Gasteiger partial charge on any atom is -0.208 e. The number of nitrogens with zero attached hydrogens (tertiary/aromatic N) is 3. The average molecular weight is 600 g/mol. The first-order valence-electron chi connectivity index (χ1n) is 16.0. The molecule has 3 nitrogen and oxygen atoms in total. The van der Waals surface area contributed by atoms with E-state index in [0.29, 0.717) is 17.5 Å². The second-order valence-corrected chi connectivity index (χ2v) is 12.0. The summed E-state index contributed by atoms with van der Waals surface area (Å²) in [7, 11) is 0. The minimum atomic E-state index is -0.504. The lowest BCUT2D eigenvalue weighted by atomic mass is 9.66. The van der Waals surface area contributed by atoms with E-state index in [1.54, 1.807) is 0 Å². The maximum atomic E-state index is 5.11. The van der Waals surface area contributed by atoms with Gasteiger partial charge in [-0.3, -0.25) is 0 Å². The molecule has 0 amide bonds. The Kier molecular flexibility index (Phi) is 6.36. The molecule has 1 aromatic heterocycles. The van der Waals surface area contributed by atoms with Crippen molar-refractivity contribution < 1.29 is 0 Å². The molecule has 7 aromatic carbocycles. The summed E-state index contributed by atoms with van der Waals surface area (Å²) in [5.74, 6) is 1.97. The van der Waals surface area contributed by atoms with Crippen molar-refractivity contribution in [2.45, 2.75) is 5.41 Å². The number of hydrogen-bond donors (Lipinski definition) is 0. The lowest BCUT2D eigenvalue weighted by Crippen LogP contribution is -2.28. The standard InChI is InChI=1S/C44H29N3/c1-5-16-30(17-6-1)41-45-42(31-18-7-2-8-19-31)47-43(46-41)38-26-15-25-36-34(38)28-29-37-35-24-13-14-27-39(35)44(40(36)37,32-20-9-3-10-21-32)33-22-11-4-12-23-33/h1-29H. The van der Waals surface area contributed by atoms with Crippen LogP contribution in [0.5, 0.6) is 0 Å². The van der Waals surface area contributed by atoms with E-state index in [1.165, 1.54) is 38.8 Å². The zero-order chi connectivity index (χ0) is 31.2. The van der Waals surface area contributed by atoms with Gasteiger partial charge in [0.25, 0.3) is 0 Å². The molecule has 0 aliphatic heterocycles. The Bertz CT molecular complexity index is 2290. The molecule has 3 heteroatoms. The number of aromatic nitrogens is 3. The molecular formula is C44H29N3. The van der Waals surface area contributed by atoms with Crippen LogP contribution in [0, 0.1) is 0 Å². The fraction of sp³-hybridized carbons (Fsp3) is 0.0227. The van der Waals surface area contributed by atoms with Crippen molar-refractivity contribution in [1.29, 1.82) is 0 Å². The first-order valence-corrected chi connectivity index (χ1v) is 16.0. The smallest absolute Gasteiger partial charge is 0.164 e. The van der Waals surface area contributed by atoms with Crippen LogP contribution in [-0.4, -0.2) is 15.0 Å². The Morgan fingerprint density at radius 2 is 0.809 bits per heavy atom. The van der Waals surface area contributed by atoms with Crippen LogP contribution in [0.1, 0.15) is 22.3 Å². The van der Waals surface area contributed by atoms with Crippen molar-refractivity contribution in [1.82, 2.24) is 15.0 Å². The molecule has 0 radical (unpaired) electrons. The third kappa shape index (κ3) is 4.24. The molecule has 0 unspecified atom stereocenters. The zero-order valence-electron chi connectivity index (χ0n) is 25.6. The van der Waals surface area contributed by atoms with E-state index in [-0.39, 0.29) is 0 Å². The molecule has 1 aliphatic carbocycles. The monoisotopic (exact) mass is 599 g/mol. The summed E-state index contributed by atoms with van der Waals surface area (Å²) >= 11 is 0. The number of fused-ring (bicyclic) bond motifs is 5. The molecular weight excluding hydrogens is 571 g/mol. The fourth-order valence-corrected chi connectivity index (χ4v) is 7.43. The van der Waals surface area contributed by atoms with E-state index in [0.717, 1.165) is 22.1 Å². The van der Waals surface area contributed by atoms with Crippen molar-refractivity contribution >= 4 is 10.8 Å². The van der Waals surface area contributed by atoms with Gasteiger partial charge in [0.1, 0.15) is 0 Å². The second kappa shape index (κ2) is 11.0. The highest BCUT2D eigenvalue weighted by Gasteiger charge is 2.47. The minimum absolute atomic E-state index is 0.504. The van der Waals surface area contributed by atoms with Gasteiger partial charge in [0.2, 0.25) is 0 Å². The van der Waals surface area contributed by atoms with Crippen molar-refractivity contribution in [2.75, 3.05) is 0 Å². The Labute approximate surface area is 273 Å². The van der Waals surface area contributed by atoms with Gasteiger partial charge in [0, 0.05) is 16.7 Å². The molecule has 0 atom stereocenters. The highest BCUT2D eigenvalue weighted by atomic mass is 15.0. The quantitative estimate of drug-likeness (QED) is 0.198. The SMILES string of the molecule is c1ccc(-c2nc(-c3ccccc3)nc(-c3cccc4c5c(ccc34)-c3ccccc3C5(c3ccccc3)c3ccccc3)n2)cc1. The van der Waals surface area contributed by atoms with Gasteiger partial charge in [-0.05, 0) is 44.2 Å². The molecule has 1 aliphatic rings. The van der Waals surface area contributed by atoms with Crippen LogP contribution in [0.3, 0.4) is 0 Å². The topological polar surface area (TPSA) is 38.7 Å². The van der Waals surface area contributed by atoms with Crippen LogP contribution >= 0.6 is 0 Å². The van der Waals surface area contributed by atoms with Gasteiger partial charge in [0.05, 0.1) is 5.41 Å². The number of hydrogen-bond acceptors (Lipinski definition) is 3. The summed E-state index contributed by atoms with van der Waals surface area (Å²) in [6.45, 7) is 0. The highest BCUT2D eigenvalue weighted by Crippen LogP contribution is 2.58. The van der Waals surface area contributed by atoms with Gasteiger partial charge in [0.15, 0.2) is 17.5 Å². The maximum Gasteiger partial charge on any atom is 0.164 e. The Morgan fingerprint density at radius 1 is 0.319 bits per heavy atom. The largest absolute Gasteiger partial charge is 0.208 e. The number of benzene rings is 7. The summed E-state index contributed by atoms with van der Waals surface area (Å²) < 4.78 is 0. The first kappa shape index (κ1) is 27.1. The van der Waals surface area contributed by atoms with Crippen LogP contribution in [0.4, 0.5) is 0 Å². The van der Waals surface area contributed by atoms with E-state index in [2.05, 4.69) is 140 Å². The Morgan fingerprint density at radius 3 is 1.40 bits per heavy atom. The normalized spacial score (nSPS) is 12.9. The molecule has 0 fully saturated rings. The molecule has 9 rings (SSSR count). The van der Waals surface area contributed by atoms with Gasteiger partial charge in [-0.25, -0.2) is 15.0 Å². The van der Waals surface area contributed by atoms with E-state index in [1.807, 2.05) is 36.4 Å². The van der Waals surface area contributed by atoms with Crippen LogP contribution in [0.2, 0.25) is 0 Å². The van der Waals surface area contributed by atoms with Crippen LogP contribution < -0.4 is 0 Å². The third-order valence-electron chi connectivity index (χ3n) is 9.41. The zero-order valence-corrected chi connectivity index (χ0v) is 25.6. The summed E-state index contributed by atoms with van der Waals surface area (Å²) in [5.41, 5.74) is 9.97.